The summed E-state index contributed by atoms with van der Waals surface area (Å²) in [6.07, 6.45) is 6.15. The predicted molar refractivity (Wildman–Crippen MR) is 58.7 cm³/mol. The van der Waals surface area contributed by atoms with Gasteiger partial charge in [-0.1, -0.05) is 46.8 Å². The SMILES string of the molecule is CC(C)(C)CC(C)(C)CC=CCO. The van der Waals surface area contributed by atoms with Gasteiger partial charge in [-0.15, -0.1) is 0 Å². The summed E-state index contributed by atoms with van der Waals surface area (Å²) in [6.45, 7) is 11.5. The van der Waals surface area contributed by atoms with Gasteiger partial charge in [0.1, 0.15) is 0 Å². The number of aliphatic hydroxyl groups excluding tert-OH is 1. The summed E-state index contributed by atoms with van der Waals surface area (Å²) in [7, 11) is 0. The zero-order valence-electron chi connectivity index (χ0n) is 9.72. The Balaban J connectivity index is 4.01. The van der Waals surface area contributed by atoms with Crippen molar-refractivity contribution in [2.24, 2.45) is 10.8 Å². The molecule has 0 aromatic carbocycles. The van der Waals surface area contributed by atoms with Crippen molar-refractivity contribution in [3.8, 4) is 0 Å². The van der Waals surface area contributed by atoms with Crippen LogP contribution in [0, 0.1) is 10.8 Å². The minimum Gasteiger partial charge on any atom is -0.392 e. The van der Waals surface area contributed by atoms with E-state index in [9.17, 15) is 0 Å². The normalized spacial score (nSPS) is 14.0. The minimum atomic E-state index is 0.158. The summed E-state index contributed by atoms with van der Waals surface area (Å²) in [4.78, 5) is 0. The standard InChI is InChI=1S/C12H24O/c1-11(2,3)10-12(4,5)8-6-7-9-13/h6-7,13H,8-10H2,1-5H3. The molecule has 0 aliphatic rings. The van der Waals surface area contributed by atoms with Crippen LogP contribution in [0.15, 0.2) is 12.2 Å². The number of hydrogen-bond donors (Lipinski definition) is 1. The molecule has 0 unspecified atom stereocenters. The highest BCUT2D eigenvalue weighted by molar-refractivity contribution is 4.88. The number of allylic oxidation sites excluding steroid dienone is 1. The van der Waals surface area contributed by atoms with Crippen LogP contribution in [0.25, 0.3) is 0 Å². The summed E-state index contributed by atoms with van der Waals surface area (Å²) in [6, 6.07) is 0. The topological polar surface area (TPSA) is 20.2 Å². The maximum absolute atomic E-state index is 8.61. The summed E-state index contributed by atoms with van der Waals surface area (Å²) in [5, 5.41) is 8.61. The highest BCUT2D eigenvalue weighted by atomic mass is 16.2. The van der Waals surface area contributed by atoms with E-state index in [2.05, 4.69) is 40.7 Å². The van der Waals surface area contributed by atoms with Crippen LogP contribution in [0.2, 0.25) is 0 Å². The van der Waals surface area contributed by atoms with Crippen LogP contribution in [0.3, 0.4) is 0 Å². The molecule has 13 heavy (non-hydrogen) atoms. The molecule has 1 heteroatoms. The molecule has 1 N–H and O–H groups in total. The van der Waals surface area contributed by atoms with Crippen LogP contribution in [-0.4, -0.2) is 11.7 Å². The van der Waals surface area contributed by atoms with E-state index in [4.69, 9.17) is 5.11 Å². The zero-order valence-corrected chi connectivity index (χ0v) is 9.72. The smallest absolute Gasteiger partial charge is 0.0612 e. The Morgan fingerprint density at radius 2 is 1.54 bits per heavy atom. The van der Waals surface area contributed by atoms with Crippen LogP contribution in [0.4, 0.5) is 0 Å². The molecular formula is C12H24O. The molecule has 0 radical (unpaired) electrons. The average molecular weight is 184 g/mol. The van der Waals surface area contributed by atoms with Crippen LogP contribution < -0.4 is 0 Å². The first-order chi connectivity index (χ1) is 5.77. The van der Waals surface area contributed by atoms with Crippen molar-refractivity contribution in [2.45, 2.75) is 47.5 Å². The van der Waals surface area contributed by atoms with Crippen LogP contribution in [0.1, 0.15) is 47.5 Å². The fraction of sp³-hybridized carbons (Fsp3) is 0.833. The lowest BCUT2D eigenvalue weighted by Crippen LogP contribution is -2.19. The van der Waals surface area contributed by atoms with Crippen molar-refractivity contribution in [3.05, 3.63) is 12.2 Å². The summed E-state index contributed by atoms with van der Waals surface area (Å²) in [5.74, 6) is 0. The predicted octanol–water partition coefficient (Wildman–Crippen LogP) is 3.39. The Bertz CT molecular complexity index is 160. The highest BCUT2D eigenvalue weighted by Crippen LogP contribution is 2.35. The summed E-state index contributed by atoms with van der Waals surface area (Å²) in [5.41, 5.74) is 0.723. The van der Waals surface area contributed by atoms with Crippen LogP contribution in [0.5, 0.6) is 0 Å². The van der Waals surface area contributed by atoms with Crippen molar-refractivity contribution >= 4 is 0 Å². The van der Waals surface area contributed by atoms with Gasteiger partial charge in [-0.25, -0.2) is 0 Å². The Morgan fingerprint density at radius 3 is 1.92 bits per heavy atom. The fourth-order valence-electron chi connectivity index (χ4n) is 1.98. The summed E-state index contributed by atoms with van der Waals surface area (Å²) >= 11 is 0. The molecule has 1 nitrogen and oxygen atoms in total. The molecule has 0 bridgehead atoms. The van der Waals surface area contributed by atoms with Gasteiger partial charge in [0.05, 0.1) is 6.61 Å². The van der Waals surface area contributed by atoms with E-state index in [0.29, 0.717) is 10.8 Å². The molecule has 0 saturated carbocycles. The second-order valence-corrected chi connectivity index (χ2v) is 5.76. The molecule has 0 amide bonds. The summed E-state index contributed by atoms with van der Waals surface area (Å²) < 4.78 is 0. The van der Waals surface area contributed by atoms with Gasteiger partial charge in [0, 0.05) is 0 Å². The maximum Gasteiger partial charge on any atom is 0.0612 e. The lowest BCUT2D eigenvalue weighted by molar-refractivity contribution is 0.214. The molecule has 0 aliphatic carbocycles. The highest BCUT2D eigenvalue weighted by Gasteiger charge is 2.23. The van der Waals surface area contributed by atoms with Crippen LogP contribution in [-0.2, 0) is 0 Å². The lowest BCUT2D eigenvalue weighted by atomic mass is 9.74. The first kappa shape index (κ1) is 12.7. The van der Waals surface area contributed by atoms with Gasteiger partial charge in [0.25, 0.3) is 0 Å². The fourth-order valence-corrected chi connectivity index (χ4v) is 1.98. The van der Waals surface area contributed by atoms with Gasteiger partial charge >= 0.3 is 0 Å². The van der Waals surface area contributed by atoms with Crippen LogP contribution >= 0.6 is 0 Å². The van der Waals surface area contributed by atoms with Crippen molar-refractivity contribution in [1.29, 1.82) is 0 Å². The van der Waals surface area contributed by atoms with Crippen molar-refractivity contribution in [1.82, 2.24) is 0 Å². The molecule has 0 aliphatic heterocycles. The van der Waals surface area contributed by atoms with Gasteiger partial charge in [-0.3, -0.25) is 0 Å². The second kappa shape index (κ2) is 4.80. The monoisotopic (exact) mass is 184 g/mol. The average Bonchev–Trinajstić information content (AvgIpc) is 1.81. The van der Waals surface area contributed by atoms with Gasteiger partial charge in [-0.2, -0.15) is 0 Å². The number of rotatable bonds is 4. The Labute approximate surface area is 82.9 Å². The largest absolute Gasteiger partial charge is 0.392 e. The van der Waals surface area contributed by atoms with Crippen molar-refractivity contribution in [3.63, 3.8) is 0 Å². The Morgan fingerprint density at radius 1 is 1.00 bits per heavy atom. The Hall–Kier alpha value is -0.300. The van der Waals surface area contributed by atoms with Crippen molar-refractivity contribution in [2.75, 3.05) is 6.61 Å². The number of aliphatic hydroxyl groups is 1. The first-order valence-electron chi connectivity index (χ1n) is 5.03. The third-order valence-electron chi connectivity index (χ3n) is 1.95. The van der Waals surface area contributed by atoms with E-state index in [1.165, 1.54) is 6.42 Å². The second-order valence-electron chi connectivity index (χ2n) is 5.76. The quantitative estimate of drug-likeness (QED) is 0.664. The van der Waals surface area contributed by atoms with Gasteiger partial charge in [0.2, 0.25) is 0 Å². The van der Waals surface area contributed by atoms with E-state index in [-0.39, 0.29) is 6.61 Å². The van der Waals surface area contributed by atoms with E-state index in [0.717, 1.165) is 6.42 Å². The molecule has 0 saturated heterocycles. The van der Waals surface area contributed by atoms with Gasteiger partial charge in [0.15, 0.2) is 0 Å². The zero-order chi connectivity index (χ0) is 10.5. The van der Waals surface area contributed by atoms with Crippen molar-refractivity contribution < 1.29 is 5.11 Å². The van der Waals surface area contributed by atoms with Gasteiger partial charge < -0.3 is 5.11 Å². The van der Waals surface area contributed by atoms with E-state index >= 15 is 0 Å². The molecule has 0 aromatic heterocycles. The molecule has 0 aromatic rings. The third kappa shape index (κ3) is 8.04. The van der Waals surface area contributed by atoms with E-state index in [1.54, 1.807) is 0 Å². The number of hydrogen-bond acceptors (Lipinski definition) is 1. The maximum atomic E-state index is 8.61. The molecule has 0 atom stereocenters. The molecule has 0 heterocycles. The van der Waals surface area contributed by atoms with E-state index in [1.807, 2.05) is 6.08 Å². The van der Waals surface area contributed by atoms with Gasteiger partial charge in [-0.05, 0) is 23.7 Å². The molecule has 78 valence electrons. The van der Waals surface area contributed by atoms with E-state index < -0.39 is 0 Å². The molecule has 0 spiro atoms. The lowest BCUT2D eigenvalue weighted by Gasteiger charge is -2.31. The first-order valence-corrected chi connectivity index (χ1v) is 5.03. The molecule has 0 fully saturated rings. The Kier molecular flexibility index (Phi) is 4.69. The molecular weight excluding hydrogens is 160 g/mol. The minimum absolute atomic E-state index is 0.158. The third-order valence-corrected chi connectivity index (χ3v) is 1.95. The molecule has 0 rings (SSSR count).